The molecule has 0 bridgehead atoms. The standard InChI is InChI=1S/C16H19ClN4OS/c1-3-8-21-14-6-5-12(17)10-13(14)19-16(21)23-11-15(22)20(2)9-4-7-18/h5-6,10H,3-4,8-9,11H2,1-2H3. The third kappa shape index (κ3) is 4.40. The number of aryl methyl sites for hydroxylation is 1. The average Bonchev–Trinajstić information content (AvgIpc) is 2.87. The number of carbonyl (C=O) groups is 1. The van der Waals surface area contributed by atoms with E-state index in [0.29, 0.717) is 23.7 Å². The largest absolute Gasteiger partial charge is 0.344 e. The maximum atomic E-state index is 12.1. The number of rotatable bonds is 7. The lowest BCUT2D eigenvalue weighted by Gasteiger charge is -2.15. The molecule has 0 saturated carbocycles. The third-order valence-corrected chi connectivity index (χ3v) is 4.63. The molecule has 23 heavy (non-hydrogen) atoms. The van der Waals surface area contributed by atoms with Gasteiger partial charge in [-0.3, -0.25) is 4.79 Å². The zero-order chi connectivity index (χ0) is 16.8. The van der Waals surface area contributed by atoms with Crippen LogP contribution in [0.1, 0.15) is 19.8 Å². The molecule has 122 valence electrons. The number of halogens is 1. The van der Waals surface area contributed by atoms with E-state index in [-0.39, 0.29) is 5.91 Å². The highest BCUT2D eigenvalue weighted by Crippen LogP contribution is 2.26. The first-order valence-electron chi connectivity index (χ1n) is 7.46. The molecule has 0 fully saturated rings. The molecule has 1 amide bonds. The molecule has 1 heterocycles. The van der Waals surface area contributed by atoms with Crippen LogP contribution >= 0.6 is 23.4 Å². The fraction of sp³-hybridized carbons (Fsp3) is 0.438. The molecule has 1 aromatic heterocycles. The summed E-state index contributed by atoms with van der Waals surface area (Å²) in [6.45, 7) is 3.41. The van der Waals surface area contributed by atoms with E-state index in [2.05, 4.69) is 16.5 Å². The normalized spacial score (nSPS) is 10.7. The SMILES string of the molecule is CCCn1c(SCC(=O)N(C)CCC#N)nc2cc(Cl)ccc21. The maximum Gasteiger partial charge on any atom is 0.232 e. The number of hydrogen-bond acceptors (Lipinski definition) is 4. The molecule has 0 aliphatic rings. The van der Waals surface area contributed by atoms with Gasteiger partial charge < -0.3 is 9.47 Å². The first-order chi connectivity index (χ1) is 11.1. The van der Waals surface area contributed by atoms with Crippen LogP contribution in [0.2, 0.25) is 5.02 Å². The molecule has 0 N–H and O–H groups in total. The number of nitriles is 1. The third-order valence-electron chi connectivity index (χ3n) is 3.43. The Morgan fingerprint density at radius 3 is 3.00 bits per heavy atom. The molecule has 5 nitrogen and oxygen atoms in total. The zero-order valence-electron chi connectivity index (χ0n) is 13.3. The van der Waals surface area contributed by atoms with Crippen LogP contribution in [0.5, 0.6) is 0 Å². The summed E-state index contributed by atoms with van der Waals surface area (Å²) in [7, 11) is 1.72. The zero-order valence-corrected chi connectivity index (χ0v) is 14.8. The minimum atomic E-state index is -0.00149. The fourth-order valence-electron chi connectivity index (χ4n) is 2.21. The van der Waals surface area contributed by atoms with Crippen molar-refractivity contribution in [2.75, 3.05) is 19.3 Å². The van der Waals surface area contributed by atoms with E-state index >= 15 is 0 Å². The number of carbonyl (C=O) groups excluding carboxylic acids is 1. The van der Waals surface area contributed by atoms with Crippen molar-refractivity contribution < 1.29 is 4.79 Å². The van der Waals surface area contributed by atoms with Crippen molar-refractivity contribution >= 4 is 40.3 Å². The van der Waals surface area contributed by atoms with Gasteiger partial charge in [-0.15, -0.1) is 0 Å². The van der Waals surface area contributed by atoms with Gasteiger partial charge >= 0.3 is 0 Å². The van der Waals surface area contributed by atoms with Crippen LogP contribution < -0.4 is 0 Å². The Balaban J connectivity index is 2.14. The lowest BCUT2D eigenvalue weighted by atomic mass is 10.3. The molecule has 0 radical (unpaired) electrons. The molecule has 0 aliphatic heterocycles. The minimum absolute atomic E-state index is 0.00149. The van der Waals surface area contributed by atoms with Crippen molar-refractivity contribution in [1.82, 2.24) is 14.5 Å². The topological polar surface area (TPSA) is 61.9 Å². The summed E-state index contributed by atoms with van der Waals surface area (Å²) >= 11 is 7.45. The molecule has 2 rings (SSSR count). The molecule has 0 unspecified atom stereocenters. The number of imidazole rings is 1. The van der Waals surface area contributed by atoms with Crippen LogP contribution in [0.25, 0.3) is 11.0 Å². The highest BCUT2D eigenvalue weighted by atomic mass is 35.5. The second-order valence-corrected chi connectivity index (χ2v) is 6.57. The summed E-state index contributed by atoms with van der Waals surface area (Å²) in [4.78, 5) is 18.3. The number of hydrogen-bond donors (Lipinski definition) is 0. The second kappa shape index (κ2) is 8.23. The summed E-state index contributed by atoms with van der Waals surface area (Å²) in [5.74, 6) is 0.307. The van der Waals surface area contributed by atoms with E-state index in [1.165, 1.54) is 11.8 Å². The van der Waals surface area contributed by atoms with Gasteiger partial charge in [0.1, 0.15) is 0 Å². The van der Waals surface area contributed by atoms with Crippen LogP contribution in [0, 0.1) is 11.3 Å². The molecule has 1 aromatic carbocycles. The van der Waals surface area contributed by atoms with Crippen molar-refractivity contribution in [3.8, 4) is 6.07 Å². The summed E-state index contributed by atoms with van der Waals surface area (Å²) in [5.41, 5.74) is 1.88. The first-order valence-corrected chi connectivity index (χ1v) is 8.82. The highest BCUT2D eigenvalue weighted by molar-refractivity contribution is 7.99. The van der Waals surface area contributed by atoms with Gasteiger partial charge in [-0.25, -0.2) is 4.98 Å². The first kappa shape index (κ1) is 17.6. The molecule has 0 aliphatic carbocycles. The number of benzene rings is 1. The number of fused-ring (bicyclic) bond motifs is 1. The minimum Gasteiger partial charge on any atom is -0.344 e. The number of aromatic nitrogens is 2. The fourth-order valence-corrected chi connectivity index (χ4v) is 3.36. The summed E-state index contributed by atoms with van der Waals surface area (Å²) in [5, 5.41) is 10.1. The Morgan fingerprint density at radius 2 is 2.30 bits per heavy atom. The predicted molar refractivity (Wildman–Crippen MR) is 93.6 cm³/mol. The van der Waals surface area contributed by atoms with Gasteiger partial charge in [0.15, 0.2) is 5.16 Å². The number of amides is 1. The van der Waals surface area contributed by atoms with Gasteiger partial charge in [-0.1, -0.05) is 30.3 Å². The van der Waals surface area contributed by atoms with Crippen molar-refractivity contribution in [2.24, 2.45) is 0 Å². The van der Waals surface area contributed by atoms with E-state index in [1.807, 2.05) is 24.3 Å². The van der Waals surface area contributed by atoms with Gasteiger partial charge in [0, 0.05) is 25.2 Å². The van der Waals surface area contributed by atoms with Crippen LogP contribution in [-0.4, -0.2) is 39.7 Å². The smallest absolute Gasteiger partial charge is 0.232 e. The van der Waals surface area contributed by atoms with Crippen molar-refractivity contribution in [1.29, 1.82) is 5.26 Å². The summed E-state index contributed by atoms with van der Waals surface area (Å²) in [6.07, 6.45) is 1.33. The monoisotopic (exact) mass is 350 g/mol. The van der Waals surface area contributed by atoms with Gasteiger partial charge in [0.25, 0.3) is 0 Å². The molecule has 0 spiro atoms. The Hall–Kier alpha value is -1.71. The van der Waals surface area contributed by atoms with E-state index in [1.54, 1.807) is 11.9 Å². The lowest BCUT2D eigenvalue weighted by molar-refractivity contribution is -0.127. The van der Waals surface area contributed by atoms with Gasteiger partial charge in [0.05, 0.1) is 29.3 Å². The maximum absolute atomic E-state index is 12.1. The second-order valence-electron chi connectivity index (χ2n) is 5.19. The van der Waals surface area contributed by atoms with Crippen molar-refractivity contribution in [3.05, 3.63) is 23.2 Å². The van der Waals surface area contributed by atoms with Gasteiger partial charge in [-0.05, 0) is 24.6 Å². The van der Waals surface area contributed by atoms with Crippen LogP contribution in [0.15, 0.2) is 23.4 Å². The van der Waals surface area contributed by atoms with Crippen LogP contribution in [0.4, 0.5) is 0 Å². The highest BCUT2D eigenvalue weighted by Gasteiger charge is 2.14. The Bertz CT molecular complexity index is 737. The molecule has 7 heteroatoms. The number of thioether (sulfide) groups is 1. The molecular formula is C16H19ClN4OS. The van der Waals surface area contributed by atoms with Crippen molar-refractivity contribution in [3.63, 3.8) is 0 Å². The molecule has 0 saturated heterocycles. The van der Waals surface area contributed by atoms with Gasteiger partial charge in [-0.2, -0.15) is 5.26 Å². The average molecular weight is 351 g/mol. The quantitative estimate of drug-likeness (QED) is 0.716. The van der Waals surface area contributed by atoms with E-state index in [4.69, 9.17) is 16.9 Å². The summed E-state index contributed by atoms with van der Waals surface area (Å²) < 4.78 is 2.12. The van der Waals surface area contributed by atoms with Crippen molar-refractivity contribution in [2.45, 2.75) is 31.5 Å². The molecule has 2 aromatic rings. The van der Waals surface area contributed by atoms with E-state index < -0.39 is 0 Å². The van der Waals surface area contributed by atoms with Crippen LogP contribution in [-0.2, 0) is 11.3 Å². The number of nitrogens with zero attached hydrogens (tertiary/aromatic N) is 4. The summed E-state index contributed by atoms with van der Waals surface area (Å²) in [6, 6.07) is 7.71. The van der Waals surface area contributed by atoms with Gasteiger partial charge in [0.2, 0.25) is 5.91 Å². The Kier molecular flexibility index (Phi) is 6.31. The molecule has 0 atom stereocenters. The molecular weight excluding hydrogens is 332 g/mol. The Labute approximate surface area is 145 Å². The Morgan fingerprint density at radius 1 is 1.52 bits per heavy atom. The van der Waals surface area contributed by atoms with Crippen LogP contribution in [0.3, 0.4) is 0 Å². The van der Waals surface area contributed by atoms with E-state index in [9.17, 15) is 4.79 Å². The lowest BCUT2D eigenvalue weighted by Crippen LogP contribution is -2.29. The predicted octanol–water partition coefficient (Wildman–Crippen LogP) is 3.56. The van der Waals surface area contributed by atoms with E-state index in [0.717, 1.165) is 29.2 Å².